The Bertz CT molecular complexity index is 537. The molecule has 0 aliphatic heterocycles. The third kappa shape index (κ3) is 2.59. The number of rotatable bonds is 2. The number of alkyl halides is 3. The summed E-state index contributed by atoms with van der Waals surface area (Å²) in [5, 5.41) is 9.98. The van der Waals surface area contributed by atoms with Crippen LogP contribution in [0.5, 0.6) is 0 Å². The van der Waals surface area contributed by atoms with E-state index in [4.69, 9.17) is 0 Å². The second-order valence-corrected chi connectivity index (χ2v) is 4.69. The van der Waals surface area contributed by atoms with E-state index >= 15 is 0 Å². The topological polar surface area (TPSA) is 36.0 Å². The van der Waals surface area contributed by atoms with E-state index in [-0.39, 0.29) is 5.56 Å². The predicted octanol–water partition coefficient (Wildman–Crippen LogP) is 3.88. The molecule has 0 fully saturated rings. The van der Waals surface area contributed by atoms with E-state index in [2.05, 4.69) is 20.9 Å². The molecule has 18 heavy (non-hydrogen) atoms. The van der Waals surface area contributed by atoms with Crippen molar-refractivity contribution in [1.29, 1.82) is 0 Å². The van der Waals surface area contributed by atoms with E-state index < -0.39 is 17.8 Å². The molecule has 1 heterocycles. The number of aromatic amines is 1. The van der Waals surface area contributed by atoms with E-state index in [0.717, 1.165) is 6.07 Å². The molecule has 1 unspecified atom stereocenters. The maximum absolute atomic E-state index is 12.9. The number of hydrogen-bond acceptors (Lipinski definition) is 1. The minimum absolute atomic E-state index is 0.162. The molecule has 1 atom stereocenters. The van der Waals surface area contributed by atoms with E-state index in [1.807, 2.05) is 0 Å². The van der Waals surface area contributed by atoms with Crippen LogP contribution >= 0.6 is 15.9 Å². The van der Waals surface area contributed by atoms with Crippen LogP contribution in [0.3, 0.4) is 0 Å². The largest absolute Gasteiger partial charge is 0.416 e. The molecule has 0 aliphatic carbocycles. The zero-order valence-electron chi connectivity index (χ0n) is 9.00. The van der Waals surface area contributed by atoms with Crippen molar-refractivity contribution in [3.8, 4) is 0 Å². The van der Waals surface area contributed by atoms with Crippen LogP contribution in [-0.4, -0.2) is 10.1 Å². The number of hydrogen-bond donors (Lipinski definition) is 2. The van der Waals surface area contributed by atoms with Crippen molar-refractivity contribution in [1.82, 2.24) is 4.98 Å². The predicted molar refractivity (Wildman–Crippen MR) is 64.0 cm³/mol. The monoisotopic (exact) mass is 319 g/mol. The summed E-state index contributed by atoms with van der Waals surface area (Å²) in [5.41, 5.74) is -0.612. The van der Waals surface area contributed by atoms with E-state index in [9.17, 15) is 18.3 Å². The van der Waals surface area contributed by atoms with Crippen molar-refractivity contribution in [2.24, 2.45) is 0 Å². The molecule has 2 rings (SSSR count). The van der Waals surface area contributed by atoms with Gasteiger partial charge in [0, 0.05) is 22.4 Å². The number of H-pyrrole nitrogens is 1. The molecule has 1 aromatic carbocycles. The normalized spacial score (nSPS) is 13.6. The van der Waals surface area contributed by atoms with Crippen LogP contribution in [0.1, 0.15) is 22.8 Å². The summed E-state index contributed by atoms with van der Waals surface area (Å²) < 4.78 is 39.0. The van der Waals surface area contributed by atoms with Gasteiger partial charge < -0.3 is 10.1 Å². The molecule has 0 saturated heterocycles. The molecule has 1 aromatic heterocycles. The summed E-state index contributed by atoms with van der Waals surface area (Å²) in [7, 11) is 0. The third-order valence-electron chi connectivity index (χ3n) is 2.55. The van der Waals surface area contributed by atoms with E-state index in [1.165, 1.54) is 24.4 Å². The highest BCUT2D eigenvalue weighted by atomic mass is 79.9. The van der Waals surface area contributed by atoms with Gasteiger partial charge >= 0.3 is 6.18 Å². The highest BCUT2D eigenvalue weighted by Crippen LogP contribution is 2.37. The Morgan fingerprint density at radius 1 is 1.22 bits per heavy atom. The first-order chi connectivity index (χ1) is 8.39. The molecule has 0 bridgehead atoms. The van der Waals surface area contributed by atoms with Crippen LogP contribution in [0.2, 0.25) is 0 Å². The quantitative estimate of drug-likeness (QED) is 0.866. The Labute approximate surface area is 110 Å². The van der Waals surface area contributed by atoms with Crippen LogP contribution in [-0.2, 0) is 6.18 Å². The van der Waals surface area contributed by atoms with E-state index in [1.54, 1.807) is 6.20 Å². The zero-order chi connectivity index (χ0) is 13.3. The number of halogens is 4. The van der Waals surface area contributed by atoms with Gasteiger partial charge in [0.2, 0.25) is 0 Å². The van der Waals surface area contributed by atoms with E-state index in [0.29, 0.717) is 10.0 Å². The molecule has 96 valence electrons. The maximum Gasteiger partial charge on any atom is 0.416 e. The molecule has 2 nitrogen and oxygen atoms in total. The zero-order valence-corrected chi connectivity index (χ0v) is 10.6. The number of benzene rings is 1. The molecular weight excluding hydrogens is 311 g/mol. The molecule has 0 saturated carbocycles. The van der Waals surface area contributed by atoms with Gasteiger partial charge in [-0.05, 0) is 23.8 Å². The Morgan fingerprint density at radius 3 is 2.50 bits per heavy atom. The SMILES string of the molecule is OC(c1cc[nH]c1)c1ccc(Br)cc1C(F)(F)F. The molecule has 0 spiro atoms. The highest BCUT2D eigenvalue weighted by Gasteiger charge is 2.35. The molecule has 0 amide bonds. The lowest BCUT2D eigenvalue weighted by atomic mass is 9.98. The fourth-order valence-corrected chi connectivity index (χ4v) is 2.06. The number of aliphatic hydroxyl groups is 1. The Balaban J connectivity index is 2.51. The second kappa shape index (κ2) is 4.78. The van der Waals surface area contributed by atoms with Gasteiger partial charge in [-0.1, -0.05) is 22.0 Å². The van der Waals surface area contributed by atoms with Gasteiger partial charge in [-0.15, -0.1) is 0 Å². The fourth-order valence-electron chi connectivity index (χ4n) is 1.70. The first kappa shape index (κ1) is 13.2. The summed E-state index contributed by atoms with van der Waals surface area (Å²) in [6.07, 6.45) is -2.80. The van der Waals surface area contributed by atoms with Crippen molar-refractivity contribution >= 4 is 15.9 Å². The average Bonchev–Trinajstić information content (AvgIpc) is 2.80. The smallest absolute Gasteiger partial charge is 0.384 e. The van der Waals surface area contributed by atoms with Gasteiger partial charge in [0.05, 0.1) is 5.56 Å². The summed E-state index contributed by atoms with van der Waals surface area (Å²) in [4.78, 5) is 2.70. The van der Waals surface area contributed by atoms with Crippen LogP contribution in [0.4, 0.5) is 13.2 Å². The minimum Gasteiger partial charge on any atom is -0.384 e. The fraction of sp³-hybridized carbons (Fsp3) is 0.167. The summed E-state index contributed by atoms with van der Waals surface area (Å²) in [6.45, 7) is 0. The molecule has 6 heteroatoms. The lowest BCUT2D eigenvalue weighted by molar-refractivity contribution is -0.139. The highest BCUT2D eigenvalue weighted by molar-refractivity contribution is 9.10. The second-order valence-electron chi connectivity index (χ2n) is 3.78. The van der Waals surface area contributed by atoms with Crippen LogP contribution in [0.25, 0.3) is 0 Å². The minimum atomic E-state index is -4.50. The van der Waals surface area contributed by atoms with Crippen LogP contribution < -0.4 is 0 Å². The van der Waals surface area contributed by atoms with Gasteiger partial charge in [-0.3, -0.25) is 0 Å². The molecule has 2 N–H and O–H groups in total. The maximum atomic E-state index is 12.9. The van der Waals surface area contributed by atoms with Crippen LogP contribution in [0.15, 0.2) is 41.1 Å². The standard InChI is InChI=1S/C12H9BrF3NO/c13-8-1-2-9(10(5-8)12(14,15)16)11(18)7-3-4-17-6-7/h1-6,11,17-18H. The average molecular weight is 320 g/mol. The van der Waals surface area contributed by atoms with Gasteiger partial charge in [0.1, 0.15) is 6.10 Å². The first-order valence-corrected chi connectivity index (χ1v) is 5.86. The Morgan fingerprint density at radius 2 is 1.94 bits per heavy atom. The first-order valence-electron chi connectivity index (χ1n) is 5.07. The third-order valence-corrected chi connectivity index (χ3v) is 3.05. The Kier molecular flexibility index (Phi) is 3.49. The van der Waals surface area contributed by atoms with Crippen molar-refractivity contribution in [2.75, 3.05) is 0 Å². The molecule has 0 radical (unpaired) electrons. The van der Waals surface area contributed by atoms with Gasteiger partial charge in [-0.25, -0.2) is 0 Å². The van der Waals surface area contributed by atoms with Crippen molar-refractivity contribution in [2.45, 2.75) is 12.3 Å². The summed E-state index contributed by atoms with van der Waals surface area (Å²) in [5.74, 6) is 0. The lowest BCUT2D eigenvalue weighted by Gasteiger charge is -2.17. The van der Waals surface area contributed by atoms with Crippen molar-refractivity contribution in [3.63, 3.8) is 0 Å². The van der Waals surface area contributed by atoms with Crippen molar-refractivity contribution in [3.05, 3.63) is 57.8 Å². The lowest BCUT2D eigenvalue weighted by Crippen LogP contribution is -2.12. The van der Waals surface area contributed by atoms with Crippen LogP contribution in [0, 0.1) is 0 Å². The van der Waals surface area contributed by atoms with Gasteiger partial charge in [0.25, 0.3) is 0 Å². The number of aromatic nitrogens is 1. The molecule has 0 aliphatic rings. The Hall–Kier alpha value is -1.27. The number of nitrogens with one attached hydrogen (secondary N) is 1. The van der Waals surface area contributed by atoms with Gasteiger partial charge in [0.15, 0.2) is 0 Å². The number of aliphatic hydroxyl groups excluding tert-OH is 1. The van der Waals surface area contributed by atoms with Crippen molar-refractivity contribution < 1.29 is 18.3 Å². The molecular formula is C12H9BrF3NO. The van der Waals surface area contributed by atoms with Gasteiger partial charge in [-0.2, -0.15) is 13.2 Å². The summed E-state index contributed by atoms with van der Waals surface area (Å²) in [6, 6.07) is 5.24. The molecule has 2 aromatic rings. The summed E-state index contributed by atoms with van der Waals surface area (Å²) >= 11 is 3.00.